The number of aryl methyl sites for hydroxylation is 1. The van der Waals surface area contributed by atoms with Crippen molar-refractivity contribution in [2.24, 2.45) is 0 Å². The second kappa shape index (κ2) is 12.4. The molecule has 1 aromatic heterocycles. The Morgan fingerprint density at radius 2 is 1.21 bits per heavy atom. The number of anilines is 6. The second-order valence-corrected chi connectivity index (χ2v) is 8.27. The first-order valence-corrected chi connectivity index (χ1v) is 11.9. The van der Waals surface area contributed by atoms with Gasteiger partial charge in [-0.05, 0) is 55.5 Å². The van der Waals surface area contributed by atoms with Crippen LogP contribution in [-0.2, 0) is 0 Å². The van der Waals surface area contributed by atoms with E-state index in [1.165, 1.54) is 21.3 Å². The highest BCUT2D eigenvalue weighted by atomic mass is 16.5. The van der Waals surface area contributed by atoms with Gasteiger partial charge in [0.05, 0.1) is 34.1 Å². The van der Waals surface area contributed by atoms with Gasteiger partial charge in [-0.15, -0.1) is 0 Å². The van der Waals surface area contributed by atoms with Crippen LogP contribution in [-0.4, -0.2) is 44.4 Å². The molecule has 202 valence electrons. The Kier molecular flexibility index (Phi) is 8.52. The summed E-state index contributed by atoms with van der Waals surface area (Å²) >= 11 is 0. The molecule has 0 saturated carbocycles. The van der Waals surface area contributed by atoms with Gasteiger partial charge in [-0.25, -0.2) is 9.78 Å². The lowest BCUT2D eigenvalue weighted by molar-refractivity contribution is 0.262. The van der Waals surface area contributed by atoms with Gasteiger partial charge in [-0.3, -0.25) is 0 Å². The van der Waals surface area contributed by atoms with Crippen molar-refractivity contribution < 1.29 is 23.7 Å². The third-order valence-electron chi connectivity index (χ3n) is 5.54. The number of nitrogens with one attached hydrogen (secondary N) is 4. The van der Waals surface area contributed by atoms with Gasteiger partial charge in [0, 0.05) is 41.0 Å². The van der Waals surface area contributed by atoms with E-state index < -0.39 is 6.03 Å². The topological polar surface area (TPSA) is 128 Å². The minimum absolute atomic E-state index is 0.429. The summed E-state index contributed by atoms with van der Waals surface area (Å²) in [5, 5.41) is 12.0. The van der Waals surface area contributed by atoms with Crippen LogP contribution in [0.25, 0.3) is 0 Å². The highest BCUT2D eigenvalue weighted by Gasteiger charge is 2.14. The zero-order chi connectivity index (χ0) is 27.8. The highest BCUT2D eigenvalue weighted by molar-refractivity contribution is 6.00. The van der Waals surface area contributed by atoms with Crippen molar-refractivity contribution in [2.45, 2.75) is 6.92 Å². The van der Waals surface area contributed by atoms with Crippen LogP contribution in [0, 0.1) is 6.92 Å². The van der Waals surface area contributed by atoms with Crippen LogP contribution in [0.3, 0.4) is 0 Å². The van der Waals surface area contributed by atoms with Crippen LogP contribution >= 0.6 is 0 Å². The number of ether oxygens (including phenoxy) is 4. The molecule has 0 spiro atoms. The van der Waals surface area contributed by atoms with E-state index >= 15 is 0 Å². The van der Waals surface area contributed by atoms with Gasteiger partial charge in [0.15, 0.2) is 11.5 Å². The monoisotopic (exact) mass is 530 g/mol. The predicted molar refractivity (Wildman–Crippen MR) is 152 cm³/mol. The van der Waals surface area contributed by atoms with Crippen molar-refractivity contribution >= 4 is 40.5 Å². The molecule has 4 aromatic rings. The molecular formula is C28H30N6O5. The number of hydrogen-bond donors (Lipinski definition) is 4. The van der Waals surface area contributed by atoms with E-state index in [0.717, 1.165) is 22.8 Å². The molecule has 11 heteroatoms. The van der Waals surface area contributed by atoms with Crippen molar-refractivity contribution in [3.63, 3.8) is 0 Å². The zero-order valence-electron chi connectivity index (χ0n) is 22.3. The molecule has 2 amide bonds. The summed E-state index contributed by atoms with van der Waals surface area (Å²) in [5.41, 5.74) is 3.50. The molecule has 0 bridgehead atoms. The maximum atomic E-state index is 12.6. The summed E-state index contributed by atoms with van der Waals surface area (Å²) < 4.78 is 21.2. The number of aromatic nitrogens is 2. The van der Waals surface area contributed by atoms with Crippen LogP contribution in [0.15, 0.2) is 66.7 Å². The van der Waals surface area contributed by atoms with Crippen LogP contribution in [0.2, 0.25) is 0 Å². The molecular weight excluding hydrogens is 500 g/mol. The summed E-state index contributed by atoms with van der Waals surface area (Å²) in [5.74, 6) is 3.17. The first kappa shape index (κ1) is 26.9. The summed E-state index contributed by atoms with van der Waals surface area (Å²) in [6.07, 6.45) is 0. The number of benzene rings is 3. The lowest BCUT2D eigenvalue weighted by Gasteiger charge is -2.15. The number of hydrogen-bond acceptors (Lipinski definition) is 9. The summed E-state index contributed by atoms with van der Waals surface area (Å²) in [6, 6.07) is 19.4. The highest BCUT2D eigenvalue weighted by Crippen LogP contribution is 2.40. The summed E-state index contributed by atoms with van der Waals surface area (Å²) in [4.78, 5) is 21.6. The standard InChI is InChI=1S/C28H30N6O5/c1-17-14-25(30-18-10-12-22(36-2)13-11-18)34-27(29-17)31-19-6-8-20(9-7-19)32-28(35)33-21-15-23(37-3)26(39-5)24(16-21)38-4/h6-16H,1-5H3,(H2,32,33,35)(H2,29,30,31,34). The largest absolute Gasteiger partial charge is 0.497 e. The van der Waals surface area contributed by atoms with Crippen molar-refractivity contribution in [1.29, 1.82) is 0 Å². The Bertz CT molecular complexity index is 1400. The molecule has 4 rings (SSSR count). The fourth-order valence-electron chi connectivity index (χ4n) is 3.72. The fraction of sp³-hybridized carbons (Fsp3) is 0.179. The Hall–Kier alpha value is -5.19. The van der Waals surface area contributed by atoms with Gasteiger partial charge in [0.25, 0.3) is 0 Å². The van der Waals surface area contributed by atoms with E-state index in [2.05, 4.69) is 31.2 Å². The Balaban J connectivity index is 1.39. The molecule has 1 heterocycles. The van der Waals surface area contributed by atoms with Gasteiger partial charge < -0.3 is 40.2 Å². The van der Waals surface area contributed by atoms with E-state index in [9.17, 15) is 4.79 Å². The Morgan fingerprint density at radius 3 is 1.79 bits per heavy atom. The minimum atomic E-state index is -0.429. The molecule has 0 fully saturated rings. The SMILES string of the molecule is COc1ccc(Nc2cc(C)nc(Nc3ccc(NC(=O)Nc4cc(OC)c(OC)c(OC)c4)cc3)n2)cc1. The summed E-state index contributed by atoms with van der Waals surface area (Å²) in [7, 11) is 6.17. The first-order valence-electron chi connectivity index (χ1n) is 11.9. The second-order valence-electron chi connectivity index (χ2n) is 8.27. The lowest BCUT2D eigenvalue weighted by atomic mass is 10.2. The average Bonchev–Trinajstić information content (AvgIpc) is 2.93. The number of rotatable bonds is 10. The molecule has 4 N–H and O–H groups in total. The third-order valence-corrected chi connectivity index (χ3v) is 5.54. The molecule has 0 aliphatic carbocycles. The number of methoxy groups -OCH3 is 4. The minimum Gasteiger partial charge on any atom is -0.497 e. The van der Waals surface area contributed by atoms with Gasteiger partial charge in [0.2, 0.25) is 11.7 Å². The Morgan fingerprint density at radius 1 is 0.641 bits per heavy atom. The van der Waals surface area contributed by atoms with Gasteiger partial charge in [0.1, 0.15) is 11.6 Å². The molecule has 0 aliphatic rings. The fourth-order valence-corrected chi connectivity index (χ4v) is 3.72. The Labute approximate surface area is 226 Å². The molecule has 0 radical (unpaired) electrons. The number of carbonyl (C=O) groups excluding carboxylic acids is 1. The molecule has 0 unspecified atom stereocenters. The summed E-state index contributed by atoms with van der Waals surface area (Å²) in [6.45, 7) is 1.89. The van der Waals surface area contributed by atoms with Crippen LogP contribution in [0.1, 0.15) is 5.69 Å². The molecule has 39 heavy (non-hydrogen) atoms. The van der Waals surface area contributed by atoms with E-state index in [1.807, 2.05) is 49.4 Å². The van der Waals surface area contributed by atoms with E-state index in [0.29, 0.717) is 40.4 Å². The maximum absolute atomic E-state index is 12.6. The maximum Gasteiger partial charge on any atom is 0.323 e. The third kappa shape index (κ3) is 6.98. The molecule has 0 aliphatic heterocycles. The molecule has 0 atom stereocenters. The van der Waals surface area contributed by atoms with Crippen molar-refractivity contribution in [3.05, 3.63) is 72.4 Å². The van der Waals surface area contributed by atoms with E-state index in [4.69, 9.17) is 18.9 Å². The number of carbonyl (C=O) groups is 1. The van der Waals surface area contributed by atoms with Crippen LogP contribution in [0.4, 0.5) is 39.3 Å². The molecule has 3 aromatic carbocycles. The number of amides is 2. The van der Waals surface area contributed by atoms with Gasteiger partial charge >= 0.3 is 6.03 Å². The van der Waals surface area contributed by atoms with E-state index in [1.54, 1.807) is 31.4 Å². The number of nitrogens with zero attached hydrogens (tertiary/aromatic N) is 2. The van der Waals surface area contributed by atoms with E-state index in [-0.39, 0.29) is 0 Å². The van der Waals surface area contributed by atoms with Crippen molar-refractivity contribution in [1.82, 2.24) is 9.97 Å². The van der Waals surface area contributed by atoms with Crippen LogP contribution < -0.4 is 40.2 Å². The predicted octanol–water partition coefficient (Wildman–Crippen LogP) is 5.95. The van der Waals surface area contributed by atoms with Gasteiger partial charge in [-0.1, -0.05) is 0 Å². The van der Waals surface area contributed by atoms with Crippen LogP contribution in [0.5, 0.6) is 23.0 Å². The molecule has 11 nitrogen and oxygen atoms in total. The molecule has 0 saturated heterocycles. The van der Waals surface area contributed by atoms with Gasteiger partial charge in [-0.2, -0.15) is 4.98 Å². The smallest absolute Gasteiger partial charge is 0.323 e. The first-order chi connectivity index (χ1) is 18.9. The normalized spacial score (nSPS) is 10.3. The quantitative estimate of drug-likeness (QED) is 0.197. The van der Waals surface area contributed by atoms with Crippen molar-refractivity contribution in [3.8, 4) is 23.0 Å². The zero-order valence-corrected chi connectivity index (χ0v) is 22.3. The number of urea groups is 1. The lowest BCUT2D eigenvalue weighted by Crippen LogP contribution is -2.19. The van der Waals surface area contributed by atoms with Crippen molar-refractivity contribution in [2.75, 3.05) is 49.7 Å². The average molecular weight is 531 g/mol.